The van der Waals surface area contributed by atoms with Crippen LogP contribution in [0.15, 0.2) is 24.4 Å². The number of benzene rings is 1. The largest absolute Gasteiger partial charge is 0.496 e. The van der Waals surface area contributed by atoms with Crippen molar-refractivity contribution < 1.29 is 9.84 Å². The van der Waals surface area contributed by atoms with Gasteiger partial charge in [-0.3, -0.25) is 0 Å². The highest BCUT2D eigenvalue weighted by Crippen LogP contribution is 2.30. The molecule has 0 bridgehead atoms. The summed E-state index contributed by atoms with van der Waals surface area (Å²) in [7, 11) is 3.72. The number of rotatable bonds is 4. The summed E-state index contributed by atoms with van der Waals surface area (Å²) in [5.74, 6) is 0.908. The van der Waals surface area contributed by atoms with E-state index in [0.29, 0.717) is 0 Å². The van der Waals surface area contributed by atoms with Crippen LogP contribution in [0.3, 0.4) is 0 Å². The maximum atomic E-state index is 8.89. The highest BCUT2D eigenvalue weighted by Gasteiger charge is 2.10. The van der Waals surface area contributed by atoms with Crippen molar-refractivity contribution >= 4 is 10.9 Å². The van der Waals surface area contributed by atoms with Crippen LogP contribution in [0.4, 0.5) is 0 Å². The predicted octanol–water partition coefficient (Wildman–Crippen LogP) is 2.11. The Hall–Kier alpha value is -1.48. The molecule has 0 spiro atoms. The second-order valence-corrected chi connectivity index (χ2v) is 3.95. The van der Waals surface area contributed by atoms with E-state index in [2.05, 4.69) is 16.8 Å². The second-order valence-electron chi connectivity index (χ2n) is 3.95. The maximum Gasteiger partial charge on any atom is 0.128 e. The highest BCUT2D eigenvalue weighted by molar-refractivity contribution is 5.90. The smallest absolute Gasteiger partial charge is 0.128 e. The Kier molecular flexibility index (Phi) is 3.15. The minimum Gasteiger partial charge on any atom is -0.496 e. The first-order chi connectivity index (χ1) is 7.77. The molecule has 0 aliphatic carbocycles. The SMILES string of the molecule is COc1cccc2c1c(CCCO)cn2C. The fourth-order valence-corrected chi connectivity index (χ4v) is 2.13. The molecule has 3 nitrogen and oxygen atoms in total. The summed E-state index contributed by atoms with van der Waals surface area (Å²) >= 11 is 0. The summed E-state index contributed by atoms with van der Waals surface area (Å²) in [4.78, 5) is 0. The lowest BCUT2D eigenvalue weighted by molar-refractivity contribution is 0.288. The van der Waals surface area contributed by atoms with Crippen molar-refractivity contribution in [1.82, 2.24) is 4.57 Å². The zero-order valence-electron chi connectivity index (χ0n) is 9.73. The summed E-state index contributed by atoms with van der Waals surface area (Å²) in [6, 6.07) is 6.06. The van der Waals surface area contributed by atoms with E-state index >= 15 is 0 Å². The molecule has 1 aromatic heterocycles. The molecule has 0 atom stereocenters. The second kappa shape index (κ2) is 4.58. The number of hydrogen-bond acceptors (Lipinski definition) is 2. The molecule has 0 unspecified atom stereocenters. The van der Waals surface area contributed by atoms with Crippen LogP contribution in [-0.4, -0.2) is 23.4 Å². The van der Waals surface area contributed by atoms with Crippen molar-refractivity contribution in [3.05, 3.63) is 30.0 Å². The van der Waals surface area contributed by atoms with Gasteiger partial charge in [0, 0.05) is 25.2 Å². The van der Waals surface area contributed by atoms with E-state index in [0.717, 1.165) is 18.6 Å². The van der Waals surface area contributed by atoms with E-state index in [1.165, 1.54) is 16.5 Å². The Morgan fingerprint density at radius 1 is 1.38 bits per heavy atom. The number of fused-ring (bicyclic) bond motifs is 1. The first-order valence-electron chi connectivity index (χ1n) is 5.49. The average molecular weight is 219 g/mol. The Balaban J connectivity index is 2.55. The van der Waals surface area contributed by atoms with Crippen LogP contribution >= 0.6 is 0 Å². The normalized spacial score (nSPS) is 10.9. The number of methoxy groups -OCH3 is 1. The van der Waals surface area contributed by atoms with Crippen molar-refractivity contribution in [2.75, 3.05) is 13.7 Å². The number of ether oxygens (including phenoxy) is 1. The summed E-state index contributed by atoms with van der Waals surface area (Å²) in [5, 5.41) is 10.1. The lowest BCUT2D eigenvalue weighted by Crippen LogP contribution is -1.90. The third-order valence-electron chi connectivity index (χ3n) is 2.88. The van der Waals surface area contributed by atoms with Gasteiger partial charge in [0.25, 0.3) is 0 Å². The number of nitrogens with zero attached hydrogens (tertiary/aromatic N) is 1. The maximum absolute atomic E-state index is 8.89. The van der Waals surface area contributed by atoms with Crippen molar-refractivity contribution in [1.29, 1.82) is 0 Å². The molecule has 2 rings (SSSR count). The van der Waals surface area contributed by atoms with Crippen LogP contribution in [0, 0.1) is 0 Å². The minimum atomic E-state index is 0.228. The number of aromatic nitrogens is 1. The van der Waals surface area contributed by atoms with Crippen LogP contribution in [0.5, 0.6) is 5.75 Å². The van der Waals surface area contributed by atoms with E-state index in [9.17, 15) is 0 Å². The first kappa shape index (κ1) is 11.0. The number of aryl methyl sites for hydroxylation is 2. The van der Waals surface area contributed by atoms with Crippen LogP contribution in [0.2, 0.25) is 0 Å². The lowest BCUT2D eigenvalue weighted by atomic mass is 10.1. The molecule has 86 valence electrons. The molecule has 1 N–H and O–H groups in total. The van der Waals surface area contributed by atoms with Gasteiger partial charge in [0.15, 0.2) is 0 Å². The zero-order chi connectivity index (χ0) is 11.5. The molecular formula is C13H17NO2. The Morgan fingerprint density at radius 3 is 2.88 bits per heavy atom. The van der Waals surface area contributed by atoms with Gasteiger partial charge in [0.05, 0.1) is 12.6 Å². The van der Waals surface area contributed by atoms with E-state index < -0.39 is 0 Å². The monoisotopic (exact) mass is 219 g/mol. The fourth-order valence-electron chi connectivity index (χ4n) is 2.13. The molecule has 0 saturated heterocycles. The Bertz CT molecular complexity index is 488. The Morgan fingerprint density at radius 2 is 2.19 bits per heavy atom. The highest BCUT2D eigenvalue weighted by atomic mass is 16.5. The van der Waals surface area contributed by atoms with Gasteiger partial charge in [-0.05, 0) is 30.5 Å². The first-order valence-corrected chi connectivity index (χ1v) is 5.49. The minimum absolute atomic E-state index is 0.228. The Labute approximate surface area is 95.3 Å². The number of aliphatic hydroxyl groups is 1. The van der Waals surface area contributed by atoms with Crippen LogP contribution < -0.4 is 4.74 Å². The molecule has 0 aliphatic rings. The molecule has 2 aromatic rings. The van der Waals surface area contributed by atoms with Gasteiger partial charge in [-0.2, -0.15) is 0 Å². The van der Waals surface area contributed by atoms with Gasteiger partial charge < -0.3 is 14.4 Å². The molecule has 0 amide bonds. The van der Waals surface area contributed by atoms with Crippen molar-refractivity contribution in [3.63, 3.8) is 0 Å². The van der Waals surface area contributed by atoms with E-state index in [4.69, 9.17) is 9.84 Å². The standard InChI is InChI=1S/C13H17NO2/c1-14-9-10(5-4-8-15)13-11(14)6-3-7-12(13)16-2/h3,6-7,9,15H,4-5,8H2,1-2H3. The third-order valence-corrected chi connectivity index (χ3v) is 2.88. The van der Waals surface area contributed by atoms with Crippen LogP contribution in [-0.2, 0) is 13.5 Å². The van der Waals surface area contributed by atoms with Gasteiger partial charge >= 0.3 is 0 Å². The lowest BCUT2D eigenvalue weighted by Gasteiger charge is -2.04. The summed E-state index contributed by atoms with van der Waals surface area (Å²) in [6.45, 7) is 0.228. The van der Waals surface area contributed by atoms with Crippen molar-refractivity contribution in [2.24, 2.45) is 7.05 Å². The average Bonchev–Trinajstić information content (AvgIpc) is 2.64. The van der Waals surface area contributed by atoms with Gasteiger partial charge in [0.1, 0.15) is 5.75 Å². The van der Waals surface area contributed by atoms with E-state index in [-0.39, 0.29) is 6.61 Å². The predicted molar refractivity (Wildman–Crippen MR) is 64.9 cm³/mol. The van der Waals surface area contributed by atoms with Gasteiger partial charge in [-0.1, -0.05) is 6.07 Å². The molecule has 16 heavy (non-hydrogen) atoms. The molecular weight excluding hydrogens is 202 g/mol. The van der Waals surface area contributed by atoms with Crippen molar-refractivity contribution in [3.8, 4) is 5.75 Å². The van der Waals surface area contributed by atoms with Crippen molar-refractivity contribution in [2.45, 2.75) is 12.8 Å². The molecule has 1 heterocycles. The molecule has 1 aromatic carbocycles. The van der Waals surface area contributed by atoms with Gasteiger partial charge in [0.2, 0.25) is 0 Å². The van der Waals surface area contributed by atoms with Gasteiger partial charge in [-0.25, -0.2) is 0 Å². The van der Waals surface area contributed by atoms with E-state index in [1.807, 2.05) is 19.2 Å². The summed E-state index contributed by atoms with van der Waals surface area (Å²) in [5.41, 5.74) is 2.41. The quantitative estimate of drug-likeness (QED) is 0.854. The van der Waals surface area contributed by atoms with Crippen LogP contribution in [0.25, 0.3) is 10.9 Å². The third kappa shape index (κ3) is 1.78. The zero-order valence-corrected chi connectivity index (χ0v) is 9.73. The topological polar surface area (TPSA) is 34.4 Å². The molecule has 0 aliphatic heterocycles. The fraction of sp³-hybridized carbons (Fsp3) is 0.385. The molecule has 0 radical (unpaired) electrons. The molecule has 3 heteroatoms. The number of aliphatic hydroxyl groups excluding tert-OH is 1. The number of hydrogen-bond donors (Lipinski definition) is 1. The van der Waals surface area contributed by atoms with Gasteiger partial charge in [-0.15, -0.1) is 0 Å². The van der Waals surface area contributed by atoms with E-state index in [1.54, 1.807) is 7.11 Å². The summed E-state index contributed by atoms with van der Waals surface area (Å²) < 4.78 is 7.49. The van der Waals surface area contributed by atoms with Crippen LogP contribution in [0.1, 0.15) is 12.0 Å². The molecule has 0 fully saturated rings. The summed E-state index contributed by atoms with van der Waals surface area (Å²) in [6.07, 6.45) is 3.79. The molecule has 0 saturated carbocycles.